The van der Waals surface area contributed by atoms with E-state index in [0.29, 0.717) is 18.0 Å². The summed E-state index contributed by atoms with van der Waals surface area (Å²) in [5, 5.41) is 12.5. The highest BCUT2D eigenvalue weighted by Crippen LogP contribution is 2.29. The lowest BCUT2D eigenvalue weighted by atomic mass is 9.82. The molecule has 1 aromatic heterocycles. The summed E-state index contributed by atoms with van der Waals surface area (Å²) in [5.74, 6) is -2.40. The van der Waals surface area contributed by atoms with Crippen molar-refractivity contribution in [2.45, 2.75) is 12.8 Å². The number of carboxylic acids is 1. The van der Waals surface area contributed by atoms with Gasteiger partial charge in [0, 0.05) is 0 Å². The minimum absolute atomic E-state index is 0.272. The Bertz CT molecular complexity index is 690. The number of aromatic nitrogens is 1. The maximum absolute atomic E-state index is 12.3. The Labute approximate surface area is 125 Å². The number of carbonyl (C=O) groups excluding carboxylic acids is 1. The van der Waals surface area contributed by atoms with Gasteiger partial charge in [-0.1, -0.05) is 35.6 Å². The van der Waals surface area contributed by atoms with Crippen LogP contribution >= 0.6 is 11.3 Å². The largest absolute Gasteiger partial charge is 0.481 e. The number of allylic oxidation sites excluding steroid dienone is 2. The highest BCUT2D eigenvalue weighted by Gasteiger charge is 2.34. The summed E-state index contributed by atoms with van der Waals surface area (Å²) < 4.78 is 0.992. The van der Waals surface area contributed by atoms with Crippen molar-refractivity contribution in [3.63, 3.8) is 0 Å². The Balaban J connectivity index is 1.78. The molecule has 3 rings (SSSR count). The van der Waals surface area contributed by atoms with E-state index in [-0.39, 0.29) is 5.91 Å². The molecular weight excluding hydrogens is 288 g/mol. The molecule has 6 heteroatoms. The molecule has 0 radical (unpaired) electrons. The SMILES string of the molecule is O=C(O)[C@H]1CC=CC[C@@H]1C(=O)Nc1nc2ccccc2s1. The third-order valence-corrected chi connectivity index (χ3v) is 4.56. The zero-order valence-electron chi connectivity index (χ0n) is 11.2. The molecule has 2 atom stereocenters. The van der Waals surface area contributed by atoms with Gasteiger partial charge < -0.3 is 10.4 Å². The van der Waals surface area contributed by atoms with E-state index in [1.165, 1.54) is 11.3 Å². The first kappa shape index (κ1) is 13.8. The minimum atomic E-state index is -0.927. The van der Waals surface area contributed by atoms with Crippen LogP contribution < -0.4 is 5.32 Å². The first-order valence-corrected chi connectivity index (χ1v) is 7.51. The molecule has 1 aromatic carbocycles. The van der Waals surface area contributed by atoms with E-state index in [2.05, 4.69) is 10.3 Å². The molecule has 1 aliphatic carbocycles. The number of benzene rings is 1. The van der Waals surface area contributed by atoms with Crippen molar-refractivity contribution in [3.8, 4) is 0 Å². The van der Waals surface area contributed by atoms with Crippen LogP contribution in [0.1, 0.15) is 12.8 Å². The number of nitrogens with zero attached hydrogens (tertiary/aromatic N) is 1. The Hall–Kier alpha value is -2.21. The quantitative estimate of drug-likeness (QED) is 0.854. The topological polar surface area (TPSA) is 79.3 Å². The van der Waals surface area contributed by atoms with E-state index in [1.807, 2.05) is 36.4 Å². The number of nitrogens with one attached hydrogen (secondary N) is 1. The molecule has 0 unspecified atom stereocenters. The van der Waals surface area contributed by atoms with Gasteiger partial charge in [0.15, 0.2) is 5.13 Å². The number of rotatable bonds is 3. The molecule has 0 aliphatic heterocycles. The smallest absolute Gasteiger partial charge is 0.307 e. The van der Waals surface area contributed by atoms with Crippen molar-refractivity contribution in [3.05, 3.63) is 36.4 Å². The number of hydrogen-bond donors (Lipinski definition) is 2. The normalized spacial score (nSPS) is 21.3. The Morgan fingerprint density at radius 3 is 2.62 bits per heavy atom. The van der Waals surface area contributed by atoms with E-state index in [9.17, 15) is 14.7 Å². The van der Waals surface area contributed by atoms with E-state index in [4.69, 9.17) is 0 Å². The van der Waals surface area contributed by atoms with Gasteiger partial charge in [-0.3, -0.25) is 9.59 Å². The molecule has 108 valence electrons. The van der Waals surface area contributed by atoms with E-state index in [0.717, 1.165) is 10.2 Å². The van der Waals surface area contributed by atoms with Crippen molar-refractivity contribution in [1.29, 1.82) is 0 Å². The number of carboxylic acid groups (broad SMARTS) is 1. The predicted octanol–water partition coefficient (Wildman–Crippen LogP) is 2.90. The fraction of sp³-hybridized carbons (Fsp3) is 0.267. The van der Waals surface area contributed by atoms with Gasteiger partial charge >= 0.3 is 5.97 Å². The second kappa shape index (κ2) is 5.65. The molecule has 0 spiro atoms. The summed E-state index contributed by atoms with van der Waals surface area (Å²) in [6, 6.07) is 7.62. The third-order valence-electron chi connectivity index (χ3n) is 3.61. The molecule has 1 amide bonds. The van der Waals surface area contributed by atoms with Gasteiger partial charge in [0.05, 0.1) is 22.1 Å². The number of hydrogen-bond acceptors (Lipinski definition) is 4. The molecule has 0 saturated carbocycles. The average molecular weight is 302 g/mol. The van der Waals surface area contributed by atoms with Crippen molar-refractivity contribution < 1.29 is 14.7 Å². The second-order valence-electron chi connectivity index (χ2n) is 4.97. The average Bonchev–Trinajstić information content (AvgIpc) is 2.89. The number of thiazole rings is 1. The number of fused-ring (bicyclic) bond motifs is 1. The van der Waals surface area contributed by atoms with Gasteiger partial charge in [-0.25, -0.2) is 4.98 Å². The van der Waals surface area contributed by atoms with Gasteiger partial charge in [0.2, 0.25) is 5.91 Å². The third kappa shape index (κ3) is 2.80. The number of para-hydroxylation sites is 1. The van der Waals surface area contributed by atoms with Crippen LogP contribution in [0.2, 0.25) is 0 Å². The molecule has 0 fully saturated rings. The van der Waals surface area contributed by atoms with Crippen LogP contribution in [-0.4, -0.2) is 22.0 Å². The Morgan fingerprint density at radius 2 is 1.90 bits per heavy atom. The van der Waals surface area contributed by atoms with Gasteiger partial charge in [0.1, 0.15) is 0 Å². The lowest BCUT2D eigenvalue weighted by molar-refractivity contribution is -0.146. The molecular formula is C15H14N2O3S. The van der Waals surface area contributed by atoms with Gasteiger partial charge in [-0.15, -0.1) is 0 Å². The van der Waals surface area contributed by atoms with Crippen molar-refractivity contribution in [2.75, 3.05) is 5.32 Å². The number of amides is 1. The minimum Gasteiger partial charge on any atom is -0.481 e. The second-order valence-corrected chi connectivity index (χ2v) is 6.00. The maximum atomic E-state index is 12.3. The number of aliphatic carboxylic acids is 1. The standard InChI is InChI=1S/C15H14N2O3S/c18-13(9-5-1-2-6-10(9)14(19)20)17-15-16-11-7-3-4-8-12(11)21-15/h1-4,7-10H,5-6H2,(H,19,20)(H,16,17,18)/t9-,10-/m0/s1. The molecule has 1 heterocycles. The summed E-state index contributed by atoms with van der Waals surface area (Å²) in [5.41, 5.74) is 0.830. The van der Waals surface area contributed by atoms with Gasteiger partial charge in [-0.2, -0.15) is 0 Å². The predicted molar refractivity (Wildman–Crippen MR) is 81.2 cm³/mol. The highest BCUT2D eigenvalue weighted by molar-refractivity contribution is 7.22. The fourth-order valence-electron chi connectivity index (χ4n) is 2.50. The highest BCUT2D eigenvalue weighted by atomic mass is 32.1. The van der Waals surface area contributed by atoms with Gasteiger partial charge in [-0.05, 0) is 25.0 Å². The molecule has 2 aromatic rings. The van der Waals surface area contributed by atoms with Crippen LogP contribution in [0.5, 0.6) is 0 Å². The van der Waals surface area contributed by atoms with Crippen LogP contribution in [0.15, 0.2) is 36.4 Å². The molecule has 1 aliphatic rings. The van der Waals surface area contributed by atoms with Crippen LogP contribution in [0.3, 0.4) is 0 Å². The summed E-state index contributed by atoms with van der Waals surface area (Å²) in [6.07, 6.45) is 4.53. The first-order chi connectivity index (χ1) is 10.1. The van der Waals surface area contributed by atoms with Crippen LogP contribution in [-0.2, 0) is 9.59 Å². The maximum Gasteiger partial charge on any atom is 0.307 e. The zero-order valence-corrected chi connectivity index (χ0v) is 12.0. The molecule has 2 N–H and O–H groups in total. The lowest BCUT2D eigenvalue weighted by Gasteiger charge is -2.23. The number of anilines is 1. The Morgan fingerprint density at radius 1 is 1.19 bits per heavy atom. The summed E-state index contributed by atoms with van der Waals surface area (Å²) >= 11 is 1.39. The van der Waals surface area contributed by atoms with Crippen LogP contribution in [0, 0.1) is 11.8 Å². The molecule has 0 bridgehead atoms. The van der Waals surface area contributed by atoms with Crippen LogP contribution in [0.4, 0.5) is 5.13 Å². The van der Waals surface area contributed by atoms with Crippen molar-refractivity contribution >= 4 is 38.6 Å². The van der Waals surface area contributed by atoms with Crippen molar-refractivity contribution in [2.24, 2.45) is 11.8 Å². The summed E-state index contributed by atoms with van der Waals surface area (Å²) in [4.78, 5) is 27.9. The molecule has 0 saturated heterocycles. The molecule has 5 nitrogen and oxygen atoms in total. The Kier molecular flexibility index (Phi) is 3.70. The van der Waals surface area contributed by atoms with Crippen molar-refractivity contribution in [1.82, 2.24) is 4.98 Å². The zero-order chi connectivity index (χ0) is 14.8. The summed E-state index contributed by atoms with van der Waals surface area (Å²) in [7, 11) is 0. The monoisotopic (exact) mass is 302 g/mol. The summed E-state index contributed by atoms with van der Waals surface area (Å²) in [6.45, 7) is 0. The number of carbonyl (C=O) groups is 2. The molecule has 21 heavy (non-hydrogen) atoms. The van der Waals surface area contributed by atoms with E-state index >= 15 is 0 Å². The fourth-order valence-corrected chi connectivity index (χ4v) is 3.37. The van der Waals surface area contributed by atoms with Crippen LogP contribution in [0.25, 0.3) is 10.2 Å². The lowest BCUT2D eigenvalue weighted by Crippen LogP contribution is -2.34. The first-order valence-electron chi connectivity index (χ1n) is 6.69. The van der Waals surface area contributed by atoms with Gasteiger partial charge in [0.25, 0.3) is 0 Å². The van der Waals surface area contributed by atoms with E-state index in [1.54, 1.807) is 0 Å². The van der Waals surface area contributed by atoms with E-state index < -0.39 is 17.8 Å².